The zero-order valence-electron chi connectivity index (χ0n) is 11.1. The van der Waals surface area contributed by atoms with Crippen molar-refractivity contribution in [3.05, 3.63) is 22.9 Å². The van der Waals surface area contributed by atoms with Gasteiger partial charge in [-0.2, -0.15) is 0 Å². The van der Waals surface area contributed by atoms with E-state index in [9.17, 15) is 0 Å². The zero-order valence-corrected chi connectivity index (χ0v) is 11.1. The summed E-state index contributed by atoms with van der Waals surface area (Å²) in [7, 11) is 0. The van der Waals surface area contributed by atoms with Gasteiger partial charge in [-0.25, -0.2) is 4.98 Å². The van der Waals surface area contributed by atoms with Gasteiger partial charge in [0.25, 0.3) is 0 Å². The molecule has 3 heterocycles. The molecule has 2 saturated heterocycles. The highest BCUT2D eigenvalue weighted by atomic mass is 16.5. The van der Waals surface area contributed by atoms with E-state index in [0.29, 0.717) is 18.8 Å². The molecule has 2 N–H and O–H groups in total. The molecule has 2 atom stereocenters. The predicted octanol–water partition coefficient (Wildman–Crippen LogP) is 1.52. The van der Waals surface area contributed by atoms with Gasteiger partial charge in [0.1, 0.15) is 5.82 Å². The van der Waals surface area contributed by atoms with Crippen LogP contribution in [-0.4, -0.2) is 30.3 Å². The number of anilines is 1. The molecule has 2 bridgehead atoms. The van der Waals surface area contributed by atoms with Gasteiger partial charge in [0.2, 0.25) is 0 Å². The first-order valence-corrected chi connectivity index (χ1v) is 6.75. The van der Waals surface area contributed by atoms with Crippen molar-refractivity contribution in [3.8, 4) is 0 Å². The summed E-state index contributed by atoms with van der Waals surface area (Å²) >= 11 is 0. The molecule has 0 aromatic carbocycles. The van der Waals surface area contributed by atoms with E-state index in [-0.39, 0.29) is 0 Å². The second-order valence-electron chi connectivity index (χ2n) is 5.45. The SMILES string of the molecule is Cc1cc(C)c(CN)c(N2CC3CCC(C2)O3)n1. The highest BCUT2D eigenvalue weighted by Gasteiger charge is 2.35. The van der Waals surface area contributed by atoms with Crippen LogP contribution in [0.5, 0.6) is 0 Å². The Morgan fingerprint density at radius 2 is 2.00 bits per heavy atom. The van der Waals surface area contributed by atoms with Gasteiger partial charge in [-0.3, -0.25) is 0 Å². The number of aromatic nitrogens is 1. The normalized spacial score (nSPS) is 26.7. The van der Waals surface area contributed by atoms with E-state index in [1.165, 1.54) is 24.0 Å². The Morgan fingerprint density at radius 1 is 1.33 bits per heavy atom. The van der Waals surface area contributed by atoms with E-state index < -0.39 is 0 Å². The number of nitrogens with zero attached hydrogens (tertiary/aromatic N) is 2. The quantitative estimate of drug-likeness (QED) is 0.861. The van der Waals surface area contributed by atoms with Crippen molar-refractivity contribution in [2.45, 2.75) is 45.4 Å². The number of nitrogens with two attached hydrogens (primary N) is 1. The lowest BCUT2D eigenvalue weighted by Gasteiger charge is -2.34. The van der Waals surface area contributed by atoms with Gasteiger partial charge >= 0.3 is 0 Å². The number of morpholine rings is 1. The van der Waals surface area contributed by atoms with Crippen molar-refractivity contribution in [1.29, 1.82) is 0 Å². The minimum Gasteiger partial charge on any atom is -0.371 e. The lowest BCUT2D eigenvalue weighted by Crippen LogP contribution is -2.43. The number of pyridine rings is 1. The Bertz CT molecular complexity index is 449. The molecule has 2 aliphatic heterocycles. The van der Waals surface area contributed by atoms with Crippen LogP contribution >= 0.6 is 0 Å². The molecule has 18 heavy (non-hydrogen) atoms. The third-order valence-electron chi connectivity index (χ3n) is 4.00. The molecule has 1 aromatic heterocycles. The third-order valence-corrected chi connectivity index (χ3v) is 4.00. The van der Waals surface area contributed by atoms with Crippen molar-refractivity contribution in [2.75, 3.05) is 18.0 Å². The number of ether oxygens (including phenoxy) is 1. The van der Waals surface area contributed by atoms with Gasteiger partial charge in [-0.15, -0.1) is 0 Å². The van der Waals surface area contributed by atoms with Crippen molar-refractivity contribution in [3.63, 3.8) is 0 Å². The molecule has 0 aliphatic carbocycles. The maximum atomic E-state index is 5.90. The summed E-state index contributed by atoms with van der Waals surface area (Å²) in [4.78, 5) is 7.08. The largest absolute Gasteiger partial charge is 0.371 e. The van der Waals surface area contributed by atoms with Gasteiger partial charge in [-0.05, 0) is 38.3 Å². The summed E-state index contributed by atoms with van der Waals surface area (Å²) in [5.74, 6) is 1.08. The molecule has 1 aromatic rings. The molecule has 0 spiro atoms. The highest BCUT2D eigenvalue weighted by molar-refractivity contribution is 5.52. The Labute approximate surface area is 108 Å². The van der Waals surface area contributed by atoms with Crippen molar-refractivity contribution in [1.82, 2.24) is 4.98 Å². The monoisotopic (exact) mass is 247 g/mol. The predicted molar refractivity (Wildman–Crippen MR) is 71.7 cm³/mol. The summed E-state index contributed by atoms with van der Waals surface area (Å²) in [6.07, 6.45) is 3.14. The minimum atomic E-state index is 0.386. The van der Waals surface area contributed by atoms with Crippen molar-refractivity contribution >= 4 is 5.82 Å². The molecule has 3 rings (SSSR count). The Hall–Kier alpha value is -1.13. The molecule has 0 radical (unpaired) electrons. The van der Waals surface area contributed by atoms with E-state index in [4.69, 9.17) is 15.5 Å². The lowest BCUT2D eigenvalue weighted by molar-refractivity contribution is 0.0301. The molecule has 2 aliphatic rings. The van der Waals surface area contributed by atoms with Gasteiger partial charge in [0, 0.05) is 30.9 Å². The summed E-state index contributed by atoms with van der Waals surface area (Å²) in [5.41, 5.74) is 9.39. The van der Waals surface area contributed by atoms with Crippen LogP contribution in [0.4, 0.5) is 5.82 Å². The van der Waals surface area contributed by atoms with Gasteiger partial charge in [0.05, 0.1) is 12.2 Å². The summed E-state index contributed by atoms with van der Waals surface area (Å²) in [6.45, 7) is 6.64. The molecule has 98 valence electrons. The molecule has 4 nitrogen and oxygen atoms in total. The van der Waals surface area contributed by atoms with Crippen molar-refractivity contribution in [2.24, 2.45) is 5.73 Å². The van der Waals surface area contributed by atoms with E-state index in [1.54, 1.807) is 0 Å². The molecule has 2 fully saturated rings. The first-order chi connectivity index (χ1) is 8.67. The Balaban J connectivity index is 1.96. The van der Waals surface area contributed by atoms with Gasteiger partial charge in [0.15, 0.2) is 0 Å². The van der Waals surface area contributed by atoms with Gasteiger partial charge in [-0.1, -0.05) is 0 Å². The van der Waals surface area contributed by atoms with Crippen LogP contribution in [0.3, 0.4) is 0 Å². The Kier molecular flexibility index (Phi) is 2.99. The smallest absolute Gasteiger partial charge is 0.133 e. The molecule has 0 saturated carbocycles. The van der Waals surface area contributed by atoms with Gasteiger partial charge < -0.3 is 15.4 Å². The second kappa shape index (κ2) is 4.52. The molecular weight excluding hydrogens is 226 g/mol. The fourth-order valence-electron chi connectivity index (χ4n) is 3.15. The summed E-state index contributed by atoms with van der Waals surface area (Å²) < 4.78 is 5.88. The van der Waals surface area contributed by atoms with Crippen LogP contribution < -0.4 is 10.6 Å². The average molecular weight is 247 g/mol. The topological polar surface area (TPSA) is 51.4 Å². The van der Waals surface area contributed by atoms with Crippen molar-refractivity contribution < 1.29 is 4.74 Å². The standard InChI is InChI=1S/C14H21N3O/c1-9-5-10(2)16-14(13(9)6-15)17-7-11-3-4-12(8-17)18-11/h5,11-12H,3-4,6-8,15H2,1-2H3. The summed E-state index contributed by atoms with van der Waals surface area (Å²) in [6, 6.07) is 2.11. The molecule has 0 amide bonds. The Morgan fingerprint density at radius 3 is 2.61 bits per heavy atom. The number of aryl methyl sites for hydroxylation is 2. The number of hydrogen-bond donors (Lipinski definition) is 1. The van der Waals surface area contributed by atoms with E-state index in [2.05, 4.69) is 17.9 Å². The van der Waals surface area contributed by atoms with Crippen LogP contribution in [0, 0.1) is 13.8 Å². The van der Waals surface area contributed by atoms with Crippen LogP contribution in [-0.2, 0) is 11.3 Å². The minimum absolute atomic E-state index is 0.386. The highest BCUT2D eigenvalue weighted by Crippen LogP contribution is 2.31. The van der Waals surface area contributed by atoms with Crippen LogP contribution in [0.25, 0.3) is 0 Å². The third kappa shape index (κ3) is 1.99. The van der Waals surface area contributed by atoms with E-state index in [1.807, 2.05) is 6.92 Å². The first-order valence-electron chi connectivity index (χ1n) is 6.75. The van der Waals surface area contributed by atoms with E-state index in [0.717, 1.165) is 24.6 Å². The molecular formula is C14H21N3O. The zero-order chi connectivity index (χ0) is 12.7. The average Bonchev–Trinajstić information content (AvgIpc) is 2.67. The number of rotatable bonds is 2. The maximum absolute atomic E-state index is 5.90. The number of fused-ring (bicyclic) bond motifs is 2. The second-order valence-corrected chi connectivity index (χ2v) is 5.45. The number of hydrogen-bond acceptors (Lipinski definition) is 4. The fraction of sp³-hybridized carbons (Fsp3) is 0.643. The molecule has 4 heteroatoms. The van der Waals surface area contributed by atoms with Crippen LogP contribution in [0.1, 0.15) is 29.7 Å². The van der Waals surface area contributed by atoms with E-state index >= 15 is 0 Å². The fourth-order valence-corrected chi connectivity index (χ4v) is 3.15. The van der Waals surface area contributed by atoms with Crippen LogP contribution in [0.2, 0.25) is 0 Å². The lowest BCUT2D eigenvalue weighted by atomic mass is 10.1. The molecule has 2 unspecified atom stereocenters. The summed E-state index contributed by atoms with van der Waals surface area (Å²) in [5, 5.41) is 0. The first kappa shape index (κ1) is 11.9. The van der Waals surface area contributed by atoms with Crippen LogP contribution in [0.15, 0.2) is 6.07 Å². The maximum Gasteiger partial charge on any atom is 0.133 e.